The van der Waals surface area contributed by atoms with E-state index < -0.39 is 11.8 Å². The highest BCUT2D eigenvalue weighted by molar-refractivity contribution is 6.02. The van der Waals surface area contributed by atoms with Crippen molar-refractivity contribution in [1.29, 1.82) is 0 Å². The molecule has 1 N–H and O–H groups in total. The Morgan fingerprint density at radius 2 is 2.07 bits per heavy atom. The number of ketones is 1. The zero-order valence-electron chi connectivity index (χ0n) is 7.21. The molecule has 0 unspecified atom stereocenters. The van der Waals surface area contributed by atoms with Crippen molar-refractivity contribution in [2.24, 2.45) is 0 Å². The summed E-state index contributed by atoms with van der Waals surface area (Å²) in [4.78, 5) is 21.8. The van der Waals surface area contributed by atoms with Gasteiger partial charge in [0, 0.05) is 12.0 Å². The van der Waals surface area contributed by atoms with Crippen LogP contribution in [0.1, 0.15) is 32.7 Å². The number of Topliss-reactive ketones (excluding diaryl/α,β-unsaturated/α-hetero) is 1. The van der Waals surface area contributed by atoms with Crippen molar-refractivity contribution < 1.29 is 19.1 Å². The van der Waals surface area contributed by atoms with Crippen LogP contribution in [-0.4, -0.2) is 16.9 Å². The number of carbonyl (C=O) groups excluding carboxylic acids is 1. The maximum absolute atomic E-state index is 13.3. The first-order valence-electron chi connectivity index (χ1n) is 4.18. The first kappa shape index (κ1) is 8.87. The molecule has 0 spiro atoms. The van der Waals surface area contributed by atoms with Crippen LogP contribution in [0.25, 0.3) is 0 Å². The summed E-state index contributed by atoms with van der Waals surface area (Å²) >= 11 is 0. The van der Waals surface area contributed by atoms with Gasteiger partial charge in [0.2, 0.25) is 0 Å². The Labute approximate surface area is 79.2 Å². The van der Waals surface area contributed by atoms with Crippen LogP contribution in [0.4, 0.5) is 4.39 Å². The molecule has 0 radical (unpaired) electrons. The predicted molar refractivity (Wildman–Crippen MR) is 46.0 cm³/mol. The minimum absolute atomic E-state index is 0.170. The van der Waals surface area contributed by atoms with Gasteiger partial charge in [-0.25, -0.2) is 9.18 Å². The van der Waals surface area contributed by atoms with E-state index in [0.717, 1.165) is 6.07 Å². The van der Waals surface area contributed by atoms with E-state index in [0.29, 0.717) is 12.0 Å². The molecule has 1 aromatic rings. The minimum atomic E-state index is -1.22. The molecular formula is C10H7FO3. The smallest absolute Gasteiger partial charge is 0.335 e. The van der Waals surface area contributed by atoms with E-state index >= 15 is 0 Å². The second-order valence-corrected chi connectivity index (χ2v) is 3.21. The third kappa shape index (κ3) is 1.19. The highest BCUT2D eigenvalue weighted by Gasteiger charge is 2.24. The largest absolute Gasteiger partial charge is 0.478 e. The van der Waals surface area contributed by atoms with Crippen molar-refractivity contribution >= 4 is 11.8 Å². The lowest BCUT2D eigenvalue weighted by atomic mass is 10.1. The number of fused-ring (bicyclic) bond motifs is 1. The molecule has 2 rings (SSSR count). The van der Waals surface area contributed by atoms with Crippen LogP contribution in [-0.2, 0) is 6.42 Å². The van der Waals surface area contributed by atoms with Crippen LogP contribution in [0.3, 0.4) is 0 Å². The van der Waals surface area contributed by atoms with Crippen molar-refractivity contribution in [1.82, 2.24) is 0 Å². The van der Waals surface area contributed by atoms with Gasteiger partial charge in [0.15, 0.2) is 5.78 Å². The molecule has 1 aromatic carbocycles. The molecule has 0 aliphatic heterocycles. The highest BCUT2D eigenvalue weighted by atomic mass is 19.1. The number of hydrogen-bond acceptors (Lipinski definition) is 2. The van der Waals surface area contributed by atoms with E-state index in [2.05, 4.69) is 0 Å². The number of rotatable bonds is 1. The predicted octanol–water partition coefficient (Wildman–Crippen LogP) is 1.65. The van der Waals surface area contributed by atoms with Crippen LogP contribution < -0.4 is 0 Å². The van der Waals surface area contributed by atoms with Crippen LogP contribution >= 0.6 is 0 Å². The number of carbonyl (C=O) groups is 2. The van der Waals surface area contributed by atoms with Gasteiger partial charge in [0.05, 0.1) is 5.56 Å². The number of aromatic carboxylic acids is 1. The summed E-state index contributed by atoms with van der Waals surface area (Å²) in [5.74, 6) is -1.99. The van der Waals surface area contributed by atoms with Gasteiger partial charge in [-0.1, -0.05) is 0 Å². The normalized spacial score (nSPS) is 14.2. The summed E-state index contributed by atoms with van der Waals surface area (Å²) in [5, 5.41) is 8.65. The molecule has 1 aliphatic carbocycles. The lowest BCUT2D eigenvalue weighted by Gasteiger charge is -2.01. The Morgan fingerprint density at radius 1 is 1.36 bits per heavy atom. The summed E-state index contributed by atoms with van der Waals surface area (Å²) in [6, 6.07) is 2.20. The van der Waals surface area contributed by atoms with Crippen molar-refractivity contribution in [3.63, 3.8) is 0 Å². The Hall–Kier alpha value is -1.71. The maximum atomic E-state index is 13.3. The summed E-state index contributed by atoms with van der Waals surface area (Å²) in [5.41, 5.74) is 0.402. The standard InChI is InChI=1S/C10H7FO3/c11-8-4-5(10(13)14)3-7-6(8)1-2-9(7)12/h3-4H,1-2H2,(H,13,14). The van der Waals surface area contributed by atoms with Gasteiger partial charge in [0.25, 0.3) is 0 Å². The molecule has 0 aromatic heterocycles. The molecule has 4 heteroatoms. The van der Waals surface area contributed by atoms with Crippen LogP contribution in [0, 0.1) is 5.82 Å². The van der Waals surface area contributed by atoms with Crippen molar-refractivity contribution in [2.75, 3.05) is 0 Å². The molecule has 0 fully saturated rings. The molecule has 0 saturated carbocycles. The Bertz CT molecular complexity index is 437. The van der Waals surface area contributed by atoms with Crippen molar-refractivity contribution in [2.45, 2.75) is 12.8 Å². The second kappa shape index (κ2) is 2.90. The fraction of sp³-hybridized carbons (Fsp3) is 0.200. The molecule has 0 heterocycles. The summed E-state index contributed by atoms with van der Waals surface area (Å²) in [7, 11) is 0. The minimum Gasteiger partial charge on any atom is -0.478 e. The van der Waals surface area contributed by atoms with E-state index in [1.165, 1.54) is 6.07 Å². The number of carboxylic acids is 1. The van der Waals surface area contributed by atoms with Crippen molar-refractivity contribution in [3.05, 3.63) is 34.6 Å². The topological polar surface area (TPSA) is 54.4 Å². The van der Waals surface area contributed by atoms with Gasteiger partial charge in [-0.15, -0.1) is 0 Å². The molecule has 14 heavy (non-hydrogen) atoms. The SMILES string of the molecule is O=C(O)c1cc(F)c2c(c1)C(=O)CC2. The lowest BCUT2D eigenvalue weighted by molar-refractivity contribution is 0.0696. The molecular weight excluding hydrogens is 187 g/mol. The highest BCUT2D eigenvalue weighted by Crippen LogP contribution is 2.25. The van der Waals surface area contributed by atoms with Gasteiger partial charge in [-0.05, 0) is 24.1 Å². The first-order valence-corrected chi connectivity index (χ1v) is 4.18. The lowest BCUT2D eigenvalue weighted by Crippen LogP contribution is -2.02. The summed E-state index contributed by atoms with van der Waals surface area (Å²) in [6.07, 6.45) is 0.648. The Morgan fingerprint density at radius 3 is 2.71 bits per heavy atom. The van der Waals surface area contributed by atoms with Gasteiger partial charge in [0.1, 0.15) is 5.82 Å². The van der Waals surface area contributed by atoms with E-state index in [9.17, 15) is 14.0 Å². The van der Waals surface area contributed by atoms with Crippen LogP contribution in [0.5, 0.6) is 0 Å². The molecule has 0 bridgehead atoms. The zero-order valence-corrected chi connectivity index (χ0v) is 7.21. The first-order chi connectivity index (χ1) is 6.59. The summed E-state index contributed by atoms with van der Waals surface area (Å²) < 4.78 is 13.3. The molecule has 0 atom stereocenters. The third-order valence-corrected chi connectivity index (χ3v) is 2.34. The third-order valence-electron chi connectivity index (χ3n) is 2.34. The average Bonchev–Trinajstić information content (AvgIpc) is 2.48. The molecule has 72 valence electrons. The van der Waals surface area contributed by atoms with Crippen LogP contribution in [0.15, 0.2) is 12.1 Å². The maximum Gasteiger partial charge on any atom is 0.335 e. The number of halogens is 1. The molecule has 1 aliphatic rings. The zero-order chi connectivity index (χ0) is 10.3. The van der Waals surface area contributed by atoms with E-state index in [4.69, 9.17) is 5.11 Å². The number of hydrogen-bond donors (Lipinski definition) is 1. The summed E-state index contributed by atoms with van der Waals surface area (Å²) in [6.45, 7) is 0. The van der Waals surface area contributed by atoms with E-state index in [1.54, 1.807) is 0 Å². The second-order valence-electron chi connectivity index (χ2n) is 3.21. The monoisotopic (exact) mass is 194 g/mol. The van der Waals surface area contributed by atoms with E-state index in [-0.39, 0.29) is 23.3 Å². The van der Waals surface area contributed by atoms with Gasteiger partial charge in [-0.2, -0.15) is 0 Å². The van der Waals surface area contributed by atoms with Gasteiger partial charge >= 0.3 is 5.97 Å². The van der Waals surface area contributed by atoms with Crippen molar-refractivity contribution in [3.8, 4) is 0 Å². The average molecular weight is 194 g/mol. The fourth-order valence-electron chi connectivity index (χ4n) is 1.64. The number of carboxylic acid groups (broad SMARTS) is 1. The molecule has 0 saturated heterocycles. The fourth-order valence-corrected chi connectivity index (χ4v) is 1.64. The Balaban J connectivity index is 2.64. The number of benzene rings is 1. The van der Waals surface area contributed by atoms with Gasteiger partial charge < -0.3 is 5.11 Å². The van der Waals surface area contributed by atoms with Crippen LogP contribution in [0.2, 0.25) is 0 Å². The Kier molecular flexibility index (Phi) is 1.84. The van der Waals surface area contributed by atoms with Gasteiger partial charge in [-0.3, -0.25) is 4.79 Å². The van der Waals surface area contributed by atoms with E-state index in [1.807, 2.05) is 0 Å². The molecule has 0 amide bonds. The molecule has 3 nitrogen and oxygen atoms in total. The quantitative estimate of drug-likeness (QED) is 0.739.